The molecule has 0 spiro atoms. The van der Waals surface area contributed by atoms with Crippen LogP contribution in [0.1, 0.15) is 5.56 Å². The van der Waals surface area contributed by atoms with Crippen LogP contribution in [0.2, 0.25) is 0 Å². The van der Waals surface area contributed by atoms with Crippen molar-refractivity contribution in [3.8, 4) is 17.0 Å². The number of amides is 1. The summed E-state index contributed by atoms with van der Waals surface area (Å²) in [6.07, 6.45) is 3.72. The smallest absolute Gasteiger partial charge is 0.294 e. The molecule has 1 aliphatic rings. The Labute approximate surface area is 213 Å². The van der Waals surface area contributed by atoms with Crippen molar-refractivity contribution in [3.63, 3.8) is 0 Å². The second-order valence-corrected chi connectivity index (χ2v) is 9.35. The molecule has 1 aliphatic heterocycles. The molecule has 0 saturated heterocycles. The van der Waals surface area contributed by atoms with Crippen LogP contribution in [0.25, 0.3) is 11.3 Å². The Kier molecular flexibility index (Phi) is 6.65. The summed E-state index contributed by atoms with van der Waals surface area (Å²) in [5.74, 6) is 0.360. The zero-order valence-corrected chi connectivity index (χ0v) is 20.6. The Morgan fingerprint density at radius 2 is 1.97 bits per heavy atom. The minimum absolute atomic E-state index is 0.0245. The number of fused-ring (bicyclic) bond motifs is 1. The van der Waals surface area contributed by atoms with Crippen LogP contribution < -0.4 is 14.9 Å². The number of anilines is 1. The molecule has 11 heteroatoms. The number of thioether (sulfide) groups is 1. The molecule has 1 N–H and O–H groups in total. The number of hydrogen-bond donors (Lipinski definition) is 1. The Morgan fingerprint density at radius 1 is 1.17 bits per heavy atom. The van der Waals surface area contributed by atoms with Gasteiger partial charge in [-0.15, -0.1) is 23.1 Å². The van der Waals surface area contributed by atoms with E-state index in [1.165, 1.54) is 17.4 Å². The first-order valence-corrected chi connectivity index (χ1v) is 12.9. The van der Waals surface area contributed by atoms with Gasteiger partial charge in [-0.2, -0.15) is 5.10 Å². The second kappa shape index (κ2) is 10.2. The molecule has 1 aromatic heterocycles. The van der Waals surface area contributed by atoms with E-state index in [0.717, 1.165) is 16.0 Å². The lowest BCUT2D eigenvalue weighted by Gasteiger charge is -2.18. The molecule has 0 unspecified atom stereocenters. The number of hydrogen-bond acceptors (Lipinski definition) is 8. The number of benzene rings is 3. The van der Waals surface area contributed by atoms with Crippen LogP contribution in [-0.2, 0) is 4.79 Å². The highest BCUT2D eigenvalue weighted by Gasteiger charge is 2.18. The van der Waals surface area contributed by atoms with Gasteiger partial charge in [-0.3, -0.25) is 14.9 Å². The van der Waals surface area contributed by atoms with Crippen molar-refractivity contribution in [1.29, 1.82) is 0 Å². The number of nitrogens with one attached hydrogen (secondary N) is 1. The standard InChI is InChI=1S/C25H19N5O4S2/c1-35-18-9-6-16(7-10-18)13-26-29-22(17-8-11-23-20(12-17)27-24(31)14-34-23)15-36-25(29)28-19-4-2-3-5-21(19)30(32)33/h2-13,15H,14H2,1H3,(H,27,31). The van der Waals surface area contributed by atoms with Gasteiger partial charge in [0.05, 0.1) is 22.5 Å². The van der Waals surface area contributed by atoms with Gasteiger partial charge in [-0.25, -0.2) is 9.67 Å². The number of nitro groups is 1. The summed E-state index contributed by atoms with van der Waals surface area (Å²) in [6, 6.07) is 19.7. The fourth-order valence-electron chi connectivity index (χ4n) is 3.56. The lowest BCUT2D eigenvalue weighted by atomic mass is 10.1. The molecule has 1 amide bonds. The van der Waals surface area contributed by atoms with Gasteiger partial charge in [-0.1, -0.05) is 24.3 Å². The predicted octanol–water partition coefficient (Wildman–Crippen LogP) is 5.29. The first kappa shape index (κ1) is 23.5. The number of thiazole rings is 1. The monoisotopic (exact) mass is 517 g/mol. The molecule has 36 heavy (non-hydrogen) atoms. The van der Waals surface area contributed by atoms with Crippen molar-refractivity contribution in [3.05, 3.63) is 92.6 Å². The van der Waals surface area contributed by atoms with Gasteiger partial charge >= 0.3 is 0 Å². The van der Waals surface area contributed by atoms with Crippen molar-refractivity contribution >= 4 is 52.3 Å². The molecule has 2 heterocycles. The van der Waals surface area contributed by atoms with Gasteiger partial charge in [0.2, 0.25) is 4.80 Å². The van der Waals surface area contributed by atoms with E-state index < -0.39 is 4.92 Å². The Morgan fingerprint density at radius 3 is 2.75 bits per heavy atom. The van der Waals surface area contributed by atoms with Crippen molar-refractivity contribution in [2.24, 2.45) is 10.1 Å². The third kappa shape index (κ3) is 4.92. The summed E-state index contributed by atoms with van der Waals surface area (Å²) < 4.78 is 7.11. The molecule has 5 rings (SSSR count). The number of carbonyl (C=O) groups excluding carboxylic acids is 1. The fraction of sp³-hybridized carbons (Fsp3) is 0.0800. The summed E-state index contributed by atoms with van der Waals surface area (Å²) in [5.41, 5.74) is 3.07. The number of para-hydroxylation sites is 2. The van der Waals surface area contributed by atoms with Crippen LogP contribution in [-0.4, -0.2) is 34.6 Å². The Bertz CT molecular complexity index is 1560. The maximum atomic E-state index is 11.8. The third-order valence-electron chi connectivity index (χ3n) is 5.33. The van der Waals surface area contributed by atoms with Gasteiger partial charge in [0.15, 0.2) is 6.61 Å². The first-order valence-electron chi connectivity index (χ1n) is 10.8. The largest absolute Gasteiger partial charge is 0.482 e. The average molecular weight is 518 g/mol. The molecule has 4 aromatic rings. The summed E-state index contributed by atoms with van der Waals surface area (Å²) in [7, 11) is 0. The Balaban J connectivity index is 1.64. The molecule has 0 atom stereocenters. The van der Waals surface area contributed by atoms with Crippen molar-refractivity contribution in [1.82, 2.24) is 4.68 Å². The van der Waals surface area contributed by atoms with E-state index in [9.17, 15) is 14.9 Å². The molecule has 0 radical (unpaired) electrons. The van der Waals surface area contributed by atoms with Gasteiger partial charge in [0.1, 0.15) is 11.4 Å². The number of nitro benzene ring substituents is 1. The number of ether oxygens (including phenoxy) is 1. The van der Waals surface area contributed by atoms with Crippen LogP contribution in [0.4, 0.5) is 17.1 Å². The van der Waals surface area contributed by atoms with Crippen LogP contribution in [0.15, 0.2) is 87.1 Å². The zero-order chi connectivity index (χ0) is 25.1. The number of carbonyl (C=O) groups is 1. The van der Waals surface area contributed by atoms with E-state index in [4.69, 9.17) is 4.74 Å². The highest BCUT2D eigenvalue weighted by molar-refractivity contribution is 7.98. The lowest BCUT2D eigenvalue weighted by molar-refractivity contribution is -0.384. The molecule has 3 aromatic carbocycles. The highest BCUT2D eigenvalue weighted by atomic mass is 32.2. The maximum absolute atomic E-state index is 11.8. The molecule has 0 saturated carbocycles. The van der Waals surface area contributed by atoms with Crippen LogP contribution in [0.5, 0.6) is 5.75 Å². The highest BCUT2D eigenvalue weighted by Crippen LogP contribution is 2.33. The summed E-state index contributed by atoms with van der Waals surface area (Å²) in [6.45, 7) is -0.0245. The van der Waals surface area contributed by atoms with Gasteiger partial charge in [0.25, 0.3) is 11.6 Å². The number of aromatic nitrogens is 1. The molecule has 180 valence electrons. The molecular formula is C25H19N5O4S2. The first-order chi connectivity index (χ1) is 17.5. The molecular weight excluding hydrogens is 498 g/mol. The molecule has 0 bridgehead atoms. The summed E-state index contributed by atoms with van der Waals surface area (Å²) >= 11 is 2.96. The van der Waals surface area contributed by atoms with Crippen LogP contribution in [0, 0.1) is 10.1 Å². The molecule has 0 fully saturated rings. The minimum atomic E-state index is -0.458. The molecule has 9 nitrogen and oxygen atoms in total. The SMILES string of the molecule is CSc1ccc(C=Nn2c(-c3ccc4c(c3)NC(=O)CO4)csc2=Nc2ccccc2[N+](=O)[O-])cc1. The van der Waals surface area contributed by atoms with E-state index in [0.29, 0.717) is 21.9 Å². The van der Waals surface area contributed by atoms with Crippen molar-refractivity contribution in [2.45, 2.75) is 4.90 Å². The Hall–Kier alpha value is -4.22. The summed E-state index contributed by atoms with van der Waals surface area (Å²) in [4.78, 5) is 29.0. The maximum Gasteiger partial charge on any atom is 0.294 e. The summed E-state index contributed by atoms with van der Waals surface area (Å²) in [5, 5.41) is 20.9. The normalized spacial score (nSPS) is 13.4. The van der Waals surface area contributed by atoms with E-state index in [1.54, 1.807) is 46.9 Å². The predicted molar refractivity (Wildman–Crippen MR) is 141 cm³/mol. The minimum Gasteiger partial charge on any atom is -0.482 e. The van der Waals surface area contributed by atoms with E-state index >= 15 is 0 Å². The van der Waals surface area contributed by atoms with Gasteiger partial charge in [0, 0.05) is 21.9 Å². The van der Waals surface area contributed by atoms with Crippen LogP contribution in [0.3, 0.4) is 0 Å². The second-order valence-electron chi connectivity index (χ2n) is 7.64. The fourth-order valence-corrected chi connectivity index (χ4v) is 4.82. The van der Waals surface area contributed by atoms with Crippen molar-refractivity contribution < 1.29 is 14.5 Å². The lowest BCUT2D eigenvalue weighted by Crippen LogP contribution is -2.25. The third-order valence-corrected chi connectivity index (χ3v) is 6.89. The van der Waals surface area contributed by atoms with E-state index in [2.05, 4.69) is 15.4 Å². The van der Waals surface area contributed by atoms with Crippen LogP contribution >= 0.6 is 23.1 Å². The van der Waals surface area contributed by atoms with Crippen molar-refractivity contribution in [2.75, 3.05) is 18.2 Å². The zero-order valence-electron chi connectivity index (χ0n) is 19.0. The van der Waals surface area contributed by atoms with E-state index in [1.807, 2.05) is 48.0 Å². The topological polar surface area (TPSA) is 111 Å². The number of rotatable bonds is 6. The van der Waals surface area contributed by atoms with Gasteiger partial charge < -0.3 is 10.1 Å². The molecule has 0 aliphatic carbocycles. The number of nitrogens with zero attached hydrogens (tertiary/aromatic N) is 4. The van der Waals surface area contributed by atoms with E-state index in [-0.39, 0.29) is 23.9 Å². The average Bonchev–Trinajstić information content (AvgIpc) is 3.29. The van der Waals surface area contributed by atoms with Gasteiger partial charge in [-0.05, 0) is 48.2 Å². The quantitative estimate of drug-likeness (QED) is 0.162.